The molecule has 2 aromatic rings. The van der Waals surface area contributed by atoms with Gasteiger partial charge >= 0.3 is 7.12 Å². The SMILES string of the molecule is CC(C)(O)C(C)(C)OB(O)c1cnc2cc[nH]c2c1. The number of H-pyrrole nitrogens is 1. The molecule has 2 rings (SSSR count). The van der Waals surface area contributed by atoms with Crippen molar-refractivity contribution in [2.45, 2.75) is 38.9 Å². The lowest BCUT2D eigenvalue weighted by molar-refractivity contribution is -0.0982. The zero-order valence-electron chi connectivity index (χ0n) is 11.6. The minimum atomic E-state index is -1.14. The molecule has 0 aromatic carbocycles. The predicted octanol–water partition coefficient (Wildman–Crippen LogP) is 0.816. The van der Waals surface area contributed by atoms with Crippen LogP contribution in [0.25, 0.3) is 11.0 Å². The van der Waals surface area contributed by atoms with Crippen molar-refractivity contribution < 1.29 is 14.8 Å². The Morgan fingerprint density at radius 1 is 1.32 bits per heavy atom. The van der Waals surface area contributed by atoms with Gasteiger partial charge in [-0.2, -0.15) is 0 Å². The second-order valence-corrected chi connectivity index (χ2v) is 5.72. The highest BCUT2D eigenvalue weighted by Gasteiger charge is 2.39. The highest BCUT2D eigenvalue weighted by Crippen LogP contribution is 2.25. The molecule has 0 atom stereocenters. The maximum absolute atomic E-state index is 10.1. The molecule has 0 unspecified atom stereocenters. The topological polar surface area (TPSA) is 78.4 Å². The van der Waals surface area contributed by atoms with Crippen LogP contribution in [0.1, 0.15) is 27.7 Å². The molecule has 2 aromatic heterocycles. The average molecular weight is 262 g/mol. The monoisotopic (exact) mass is 262 g/mol. The minimum Gasteiger partial charge on any atom is -0.423 e. The first-order valence-electron chi connectivity index (χ1n) is 6.22. The highest BCUT2D eigenvalue weighted by atomic mass is 16.5. The van der Waals surface area contributed by atoms with E-state index < -0.39 is 18.3 Å². The summed E-state index contributed by atoms with van der Waals surface area (Å²) in [5.74, 6) is 0. The molecule has 3 N–H and O–H groups in total. The van der Waals surface area contributed by atoms with Crippen LogP contribution < -0.4 is 5.46 Å². The zero-order chi connectivity index (χ0) is 14.3. The first-order chi connectivity index (χ1) is 8.71. The van der Waals surface area contributed by atoms with Crippen molar-refractivity contribution in [3.63, 3.8) is 0 Å². The maximum atomic E-state index is 10.1. The minimum absolute atomic E-state index is 0.548. The fourth-order valence-electron chi connectivity index (χ4n) is 1.58. The normalized spacial score (nSPS) is 12.9. The quantitative estimate of drug-likeness (QED) is 0.713. The van der Waals surface area contributed by atoms with Crippen LogP contribution in [-0.2, 0) is 4.65 Å². The Bertz CT molecular complexity index is 575. The molecule has 0 spiro atoms. The molecule has 0 fully saturated rings. The molecule has 2 heterocycles. The smallest absolute Gasteiger partial charge is 0.423 e. The summed E-state index contributed by atoms with van der Waals surface area (Å²) >= 11 is 0. The Balaban J connectivity index is 2.22. The summed E-state index contributed by atoms with van der Waals surface area (Å²) in [6.07, 6.45) is 3.36. The van der Waals surface area contributed by atoms with E-state index in [2.05, 4.69) is 9.97 Å². The molecule has 0 bridgehead atoms. The summed E-state index contributed by atoms with van der Waals surface area (Å²) < 4.78 is 5.57. The number of pyridine rings is 1. The van der Waals surface area contributed by atoms with Gasteiger partial charge in [-0.3, -0.25) is 4.98 Å². The van der Waals surface area contributed by atoms with Crippen LogP contribution in [0, 0.1) is 0 Å². The van der Waals surface area contributed by atoms with Crippen LogP contribution in [0.4, 0.5) is 0 Å². The van der Waals surface area contributed by atoms with Crippen molar-refractivity contribution >= 4 is 23.6 Å². The van der Waals surface area contributed by atoms with Crippen molar-refractivity contribution in [1.29, 1.82) is 0 Å². The molecule has 0 aliphatic rings. The van der Waals surface area contributed by atoms with E-state index in [0.717, 1.165) is 11.0 Å². The molecule has 0 aliphatic carbocycles. The third kappa shape index (κ3) is 2.81. The number of hydrogen-bond donors (Lipinski definition) is 3. The van der Waals surface area contributed by atoms with E-state index in [1.165, 1.54) is 0 Å². The second kappa shape index (κ2) is 4.63. The lowest BCUT2D eigenvalue weighted by Crippen LogP contribution is -2.53. The highest BCUT2D eigenvalue weighted by molar-refractivity contribution is 6.60. The van der Waals surface area contributed by atoms with E-state index in [-0.39, 0.29) is 0 Å². The van der Waals surface area contributed by atoms with Crippen LogP contribution in [0.5, 0.6) is 0 Å². The molecular formula is C13H19BN2O3. The third-order valence-corrected chi connectivity index (χ3v) is 3.58. The van der Waals surface area contributed by atoms with Gasteiger partial charge in [-0.25, -0.2) is 0 Å². The van der Waals surface area contributed by atoms with Gasteiger partial charge in [0.05, 0.1) is 22.2 Å². The lowest BCUT2D eigenvalue weighted by atomic mass is 9.77. The van der Waals surface area contributed by atoms with Crippen molar-refractivity contribution in [2.24, 2.45) is 0 Å². The van der Waals surface area contributed by atoms with Gasteiger partial charge in [-0.15, -0.1) is 0 Å². The zero-order valence-corrected chi connectivity index (χ0v) is 11.6. The molecular weight excluding hydrogens is 243 g/mol. The van der Waals surface area contributed by atoms with Gasteiger partial charge in [0.15, 0.2) is 0 Å². The molecule has 6 heteroatoms. The van der Waals surface area contributed by atoms with E-state index in [1.54, 1.807) is 46.2 Å². The van der Waals surface area contributed by atoms with Crippen molar-refractivity contribution in [3.8, 4) is 0 Å². The molecule has 0 saturated heterocycles. The van der Waals surface area contributed by atoms with Gasteiger partial charge in [0, 0.05) is 17.9 Å². The average Bonchev–Trinajstić information content (AvgIpc) is 2.73. The van der Waals surface area contributed by atoms with Gasteiger partial charge in [0.25, 0.3) is 0 Å². The fraction of sp³-hybridized carbons (Fsp3) is 0.462. The molecule has 5 nitrogen and oxygen atoms in total. The third-order valence-electron chi connectivity index (χ3n) is 3.58. The first-order valence-corrected chi connectivity index (χ1v) is 6.22. The number of aliphatic hydroxyl groups is 1. The van der Waals surface area contributed by atoms with Gasteiger partial charge in [-0.1, -0.05) is 0 Å². The van der Waals surface area contributed by atoms with Crippen molar-refractivity contribution in [1.82, 2.24) is 9.97 Å². The van der Waals surface area contributed by atoms with E-state index >= 15 is 0 Å². The molecule has 0 amide bonds. The Morgan fingerprint density at radius 2 is 2.00 bits per heavy atom. The standard InChI is InChI=1S/C13H19BN2O3/c1-12(2,17)13(3,4)19-14(18)9-7-11-10(16-8-9)5-6-15-11/h5-8,15,17-18H,1-4H3. The largest absolute Gasteiger partial charge is 0.493 e. The summed E-state index contributed by atoms with van der Waals surface area (Å²) in [6, 6.07) is 3.64. The molecule has 0 radical (unpaired) electrons. The van der Waals surface area contributed by atoms with Crippen molar-refractivity contribution in [3.05, 3.63) is 24.5 Å². The Morgan fingerprint density at radius 3 is 2.63 bits per heavy atom. The Kier molecular flexibility index (Phi) is 3.42. The summed E-state index contributed by atoms with van der Waals surface area (Å²) in [6.45, 7) is 6.76. The van der Waals surface area contributed by atoms with E-state index in [4.69, 9.17) is 4.65 Å². The van der Waals surface area contributed by atoms with Gasteiger partial charge in [0.1, 0.15) is 0 Å². The Hall–Kier alpha value is -1.37. The van der Waals surface area contributed by atoms with Crippen LogP contribution >= 0.6 is 0 Å². The van der Waals surface area contributed by atoms with Crippen molar-refractivity contribution in [2.75, 3.05) is 0 Å². The summed E-state index contributed by atoms with van der Waals surface area (Å²) in [4.78, 5) is 7.25. The van der Waals surface area contributed by atoms with E-state index in [1.807, 2.05) is 6.07 Å². The lowest BCUT2D eigenvalue weighted by Gasteiger charge is -2.38. The summed E-state index contributed by atoms with van der Waals surface area (Å²) in [7, 11) is -1.14. The van der Waals surface area contributed by atoms with Gasteiger partial charge in [-0.05, 0) is 39.8 Å². The molecule has 19 heavy (non-hydrogen) atoms. The number of aromatic amines is 1. The molecule has 0 saturated carbocycles. The number of aromatic nitrogens is 2. The number of hydrogen-bond acceptors (Lipinski definition) is 4. The van der Waals surface area contributed by atoms with Crippen LogP contribution in [-0.4, -0.2) is 38.4 Å². The number of fused-ring (bicyclic) bond motifs is 1. The Labute approximate surface area is 112 Å². The second-order valence-electron chi connectivity index (χ2n) is 5.72. The number of nitrogens with one attached hydrogen (secondary N) is 1. The van der Waals surface area contributed by atoms with Crippen LogP contribution in [0.2, 0.25) is 0 Å². The number of rotatable bonds is 4. The van der Waals surface area contributed by atoms with Gasteiger partial charge < -0.3 is 19.8 Å². The first kappa shape index (κ1) is 14.1. The predicted molar refractivity (Wildman–Crippen MR) is 75.2 cm³/mol. The maximum Gasteiger partial charge on any atom is 0.493 e. The van der Waals surface area contributed by atoms with E-state index in [9.17, 15) is 10.1 Å². The van der Waals surface area contributed by atoms with Gasteiger partial charge in [0.2, 0.25) is 0 Å². The molecule has 0 aliphatic heterocycles. The van der Waals surface area contributed by atoms with Crippen LogP contribution in [0.15, 0.2) is 24.5 Å². The number of nitrogens with zero attached hydrogens (tertiary/aromatic N) is 1. The summed E-state index contributed by atoms with van der Waals surface area (Å²) in [5, 5.41) is 20.2. The summed E-state index contributed by atoms with van der Waals surface area (Å²) in [5.41, 5.74) is 0.251. The van der Waals surface area contributed by atoms with E-state index in [0.29, 0.717) is 5.46 Å². The fourth-order valence-corrected chi connectivity index (χ4v) is 1.58. The molecule has 102 valence electrons. The van der Waals surface area contributed by atoms with Crippen LogP contribution in [0.3, 0.4) is 0 Å².